The zero-order chi connectivity index (χ0) is 12.3. The van der Waals surface area contributed by atoms with E-state index in [1.54, 1.807) is 18.2 Å². The summed E-state index contributed by atoms with van der Waals surface area (Å²) >= 11 is -2.21. The van der Waals surface area contributed by atoms with E-state index in [0.29, 0.717) is 5.82 Å². The van der Waals surface area contributed by atoms with Crippen LogP contribution in [0.1, 0.15) is 0 Å². The van der Waals surface area contributed by atoms with Crippen LogP contribution < -0.4 is 11.1 Å². The fraction of sp³-hybridized carbons (Fsp3) is 0. The zero-order valence-corrected chi connectivity index (χ0v) is 9.48. The normalized spacial score (nSPS) is 12.1. The summed E-state index contributed by atoms with van der Waals surface area (Å²) in [6, 6.07) is 7.94. The third-order valence-corrected chi connectivity index (χ3v) is 2.65. The fourth-order valence-electron chi connectivity index (χ4n) is 1.24. The molecule has 2 aromatic rings. The summed E-state index contributed by atoms with van der Waals surface area (Å²) < 4.78 is 21.3. The molecule has 1 atom stereocenters. The molecule has 0 fully saturated rings. The van der Waals surface area contributed by atoms with E-state index in [2.05, 4.69) is 15.3 Å². The molecule has 0 saturated heterocycles. The molecule has 0 aliphatic carbocycles. The van der Waals surface area contributed by atoms with Crippen molar-refractivity contribution >= 4 is 28.5 Å². The highest BCUT2D eigenvalue weighted by atomic mass is 32.2. The van der Waals surface area contributed by atoms with E-state index in [9.17, 15) is 8.76 Å². The highest BCUT2D eigenvalue weighted by Crippen LogP contribution is 2.16. The first kappa shape index (κ1) is 11.5. The Morgan fingerprint density at radius 1 is 1.24 bits per heavy atom. The van der Waals surface area contributed by atoms with E-state index < -0.39 is 11.1 Å². The van der Waals surface area contributed by atoms with E-state index in [1.165, 1.54) is 18.3 Å². The summed E-state index contributed by atoms with van der Waals surface area (Å²) in [5.74, 6) is 0.723. The van der Waals surface area contributed by atoms with Crippen LogP contribution in [-0.2, 0) is 11.1 Å². The molecule has 1 aromatic heterocycles. The van der Waals surface area contributed by atoms with Gasteiger partial charge in [-0.25, -0.2) is 4.98 Å². The minimum Gasteiger partial charge on any atom is -0.768 e. The molecule has 1 heterocycles. The predicted molar refractivity (Wildman–Crippen MR) is 63.4 cm³/mol. The molecule has 0 amide bonds. The van der Waals surface area contributed by atoms with E-state index in [4.69, 9.17) is 5.73 Å². The monoisotopic (exact) mass is 249 g/mol. The zero-order valence-electron chi connectivity index (χ0n) is 8.66. The quantitative estimate of drug-likeness (QED) is 0.787. The lowest BCUT2D eigenvalue weighted by molar-refractivity contribution is 0.537. The maximum absolute atomic E-state index is 10.7. The lowest BCUT2D eigenvalue weighted by atomic mass is 10.3. The molecule has 17 heavy (non-hydrogen) atoms. The van der Waals surface area contributed by atoms with Crippen LogP contribution in [0.25, 0.3) is 0 Å². The molecule has 0 saturated carbocycles. The lowest BCUT2D eigenvalue weighted by Crippen LogP contribution is -1.99. The molecular formula is C10H9N4O2S-. The van der Waals surface area contributed by atoms with Crippen LogP contribution in [0.3, 0.4) is 0 Å². The number of hydrogen-bond acceptors (Lipinski definition) is 6. The average Bonchev–Trinajstić information content (AvgIpc) is 2.29. The Morgan fingerprint density at radius 2 is 1.94 bits per heavy atom. The maximum Gasteiger partial charge on any atom is 0.221 e. The predicted octanol–water partition coefficient (Wildman–Crippen LogP) is 1.04. The number of aromatic nitrogens is 2. The minimum atomic E-state index is -2.21. The highest BCUT2D eigenvalue weighted by molar-refractivity contribution is 7.79. The Balaban J connectivity index is 2.16. The molecule has 1 unspecified atom stereocenters. The van der Waals surface area contributed by atoms with E-state index >= 15 is 0 Å². The molecule has 7 heteroatoms. The van der Waals surface area contributed by atoms with E-state index in [-0.39, 0.29) is 10.8 Å². The van der Waals surface area contributed by atoms with Gasteiger partial charge in [0.15, 0.2) is 0 Å². The molecule has 88 valence electrons. The number of anilines is 3. The number of nitrogens with zero attached hydrogens (tertiary/aromatic N) is 2. The van der Waals surface area contributed by atoms with Gasteiger partial charge in [0.05, 0.1) is 0 Å². The van der Waals surface area contributed by atoms with Crippen molar-refractivity contribution in [3.63, 3.8) is 0 Å². The van der Waals surface area contributed by atoms with Crippen molar-refractivity contribution < 1.29 is 8.76 Å². The molecule has 0 bridgehead atoms. The number of nitrogens with one attached hydrogen (secondary N) is 1. The van der Waals surface area contributed by atoms with Crippen molar-refractivity contribution in [1.82, 2.24) is 9.97 Å². The molecule has 0 spiro atoms. The number of benzene rings is 1. The minimum absolute atomic E-state index is 0.173. The standard InChI is InChI=1S/C10H10N4O2S/c11-10-12-6-5-9(14-10)13-7-1-3-8(4-2-7)17(15)16/h1-6H,(H,15,16)(H3,11,12,13,14)/p-1. The van der Waals surface area contributed by atoms with Crippen molar-refractivity contribution in [3.05, 3.63) is 36.5 Å². The van der Waals surface area contributed by atoms with Gasteiger partial charge in [0.2, 0.25) is 5.95 Å². The number of hydrogen-bond donors (Lipinski definition) is 2. The Labute approximate surface area is 100 Å². The van der Waals surface area contributed by atoms with Crippen LogP contribution in [0, 0.1) is 0 Å². The SMILES string of the molecule is Nc1nccc(Nc2ccc(S(=O)[O-])cc2)n1. The second-order valence-electron chi connectivity index (χ2n) is 3.18. The molecule has 0 aliphatic rings. The van der Waals surface area contributed by atoms with Gasteiger partial charge >= 0.3 is 0 Å². The number of rotatable bonds is 3. The number of nitrogen functional groups attached to an aromatic ring is 1. The first-order valence-electron chi connectivity index (χ1n) is 4.70. The Bertz CT molecular complexity index is 544. The largest absolute Gasteiger partial charge is 0.768 e. The molecule has 3 N–H and O–H groups in total. The summed E-state index contributed by atoms with van der Waals surface area (Å²) in [4.78, 5) is 7.96. The summed E-state index contributed by atoms with van der Waals surface area (Å²) in [5, 5.41) is 2.98. The van der Waals surface area contributed by atoms with Gasteiger partial charge in [0.1, 0.15) is 5.82 Å². The average molecular weight is 249 g/mol. The van der Waals surface area contributed by atoms with Gasteiger partial charge in [-0.2, -0.15) is 4.98 Å². The molecule has 6 nitrogen and oxygen atoms in total. The first-order chi connectivity index (χ1) is 8.15. The molecule has 0 radical (unpaired) electrons. The van der Waals surface area contributed by atoms with E-state index in [1.807, 2.05) is 0 Å². The van der Waals surface area contributed by atoms with Gasteiger partial charge < -0.3 is 15.6 Å². The smallest absolute Gasteiger partial charge is 0.221 e. The van der Waals surface area contributed by atoms with Gasteiger partial charge in [-0.3, -0.25) is 4.21 Å². The van der Waals surface area contributed by atoms with E-state index in [0.717, 1.165) is 5.69 Å². The van der Waals surface area contributed by atoms with Gasteiger partial charge in [-0.05, 0) is 41.4 Å². The van der Waals surface area contributed by atoms with Crippen LogP contribution in [0.15, 0.2) is 41.4 Å². The van der Waals surface area contributed by atoms with Gasteiger partial charge in [-0.1, -0.05) is 0 Å². The Morgan fingerprint density at radius 3 is 2.53 bits per heavy atom. The molecule has 1 aromatic carbocycles. The van der Waals surface area contributed by atoms with Crippen molar-refractivity contribution in [1.29, 1.82) is 0 Å². The van der Waals surface area contributed by atoms with Crippen LogP contribution >= 0.6 is 0 Å². The van der Waals surface area contributed by atoms with Crippen LogP contribution in [0.4, 0.5) is 17.5 Å². The van der Waals surface area contributed by atoms with Crippen molar-refractivity contribution in [2.45, 2.75) is 4.90 Å². The second kappa shape index (κ2) is 4.89. The third-order valence-electron chi connectivity index (χ3n) is 1.99. The summed E-state index contributed by atoms with van der Waals surface area (Å²) in [5.41, 5.74) is 6.15. The van der Waals surface area contributed by atoms with Crippen molar-refractivity contribution in [2.75, 3.05) is 11.1 Å². The maximum atomic E-state index is 10.7. The Kier molecular flexibility index (Phi) is 3.31. The first-order valence-corrected chi connectivity index (χ1v) is 5.77. The molecule has 0 aliphatic heterocycles. The van der Waals surface area contributed by atoms with Crippen molar-refractivity contribution in [3.8, 4) is 0 Å². The van der Waals surface area contributed by atoms with Crippen molar-refractivity contribution in [2.24, 2.45) is 0 Å². The van der Waals surface area contributed by atoms with Gasteiger partial charge in [0.25, 0.3) is 0 Å². The number of nitrogens with two attached hydrogens (primary N) is 1. The molecular weight excluding hydrogens is 240 g/mol. The summed E-state index contributed by atoms with van der Waals surface area (Å²) in [7, 11) is 0. The van der Waals surface area contributed by atoms with Crippen LogP contribution in [0.5, 0.6) is 0 Å². The molecule has 2 rings (SSSR count). The second-order valence-corrected chi connectivity index (χ2v) is 4.12. The lowest BCUT2D eigenvalue weighted by Gasteiger charge is -2.08. The highest BCUT2D eigenvalue weighted by Gasteiger charge is 1.98. The third kappa shape index (κ3) is 2.99. The fourth-order valence-corrected chi connectivity index (χ4v) is 1.60. The van der Waals surface area contributed by atoms with Crippen LogP contribution in [-0.4, -0.2) is 18.7 Å². The Hall–Kier alpha value is -1.99. The van der Waals surface area contributed by atoms with Gasteiger partial charge in [-0.15, -0.1) is 0 Å². The van der Waals surface area contributed by atoms with Gasteiger partial charge in [0, 0.05) is 16.8 Å². The summed E-state index contributed by atoms with van der Waals surface area (Å²) in [6.45, 7) is 0. The summed E-state index contributed by atoms with van der Waals surface area (Å²) in [6.07, 6.45) is 1.53. The van der Waals surface area contributed by atoms with Crippen LogP contribution in [0.2, 0.25) is 0 Å². The topological polar surface area (TPSA) is 104 Å².